The monoisotopic (exact) mass is 314 g/mol. The van der Waals surface area contributed by atoms with Gasteiger partial charge in [-0.05, 0) is 19.3 Å². The molecule has 2 rings (SSSR count). The summed E-state index contributed by atoms with van der Waals surface area (Å²) in [5.41, 5.74) is 0. The van der Waals surface area contributed by atoms with Gasteiger partial charge in [0.15, 0.2) is 0 Å². The summed E-state index contributed by atoms with van der Waals surface area (Å²) in [5, 5.41) is 0. The van der Waals surface area contributed by atoms with Gasteiger partial charge in [-0.2, -0.15) is 0 Å². The summed E-state index contributed by atoms with van der Waals surface area (Å²) in [5.74, 6) is -0.115. The summed E-state index contributed by atoms with van der Waals surface area (Å²) >= 11 is 0. The van der Waals surface area contributed by atoms with Crippen LogP contribution in [-0.2, 0) is 9.59 Å². The molecule has 0 aromatic rings. The van der Waals surface area contributed by atoms with Crippen LogP contribution in [0.25, 0.3) is 0 Å². The second-order valence-corrected chi connectivity index (χ2v) is 6.19. The minimum absolute atomic E-state index is 0.112. The van der Waals surface area contributed by atoms with Crippen molar-refractivity contribution in [1.82, 2.24) is 9.80 Å². The number of nitrogens with zero attached hydrogens (tertiary/aromatic N) is 2. The zero-order chi connectivity index (χ0) is 17.0. The largest absolute Gasteiger partial charge is 0.335 e. The SMILES string of the molecule is C=CC[C@H]1[C@H]2C[C@@H](C(=O)N1CC=C)[C@H](CC=C)N(CC=C)C2=O. The van der Waals surface area contributed by atoms with E-state index in [1.165, 1.54) is 0 Å². The van der Waals surface area contributed by atoms with Gasteiger partial charge in [-0.3, -0.25) is 9.59 Å². The van der Waals surface area contributed by atoms with Gasteiger partial charge in [-0.15, -0.1) is 26.3 Å². The van der Waals surface area contributed by atoms with Crippen molar-refractivity contribution in [2.24, 2.45) is 11.8 Å². The van der Waals surface area contributed by atoms with Crippen LogP contribution in [0.1, 0.15) is 19.3 Å². The van der Waals surface area contributed by atoms with Crippen molar-refractivity contribution < 1.29 is 9.59 Å². The molecule has 2 fully saturated rings. The Balaban J connectivity index is 2.42. The molecule has 0 spiro atoms. The number of carbonyl (C=O) groups is 2. The zero-order valence-corrected chi connectivity index (χ0v) is 13.7. The molecular weight excluding hydrogens is 288 g/mol. The van der Waals surface area contributed by atoms with E-state index < -0.39 is 0 Å². The third-order valence-electron chi connectivity index (χ3n) is 4.91. The van der Waals surface area contributed by atoms with E-state index in [1.54, 1.807) is 24.3 Å². The lowest BCUT2D eigenvalue weighted by Crippen LogP contribution is -2.66. The Kier molecular flexibility index (Phi) is 5.59. The van der Waals surface area contributed by atoms with Gasteiger partial charge in [0.2, 0.25) is 11.8 Å². The summed E-state index contributed by atoms with van der Waals surface area (Å²) in [6.45, 7) is 16.0. The number of amides is 2. The number of likely N-dealkylation sites (tertiary alicyclic amines) is 2. The molecule has 4 heteroatoms. The van der Waals surface area contributed by atoms with Gasteiger partial charge in [-0.25, -0.2) is 0 Å². The van der Waals surface area contributed by atoms with E-state index in [9.17, 15) is 9.59 Å². The number of hydrogen-bond donors (Lipinski definition) is 0. The van der Waals surface area contributed by atoms with Crippen molar-refractivity contribution >= 4 is 11.8 Å². The average molecular weight is 314 g/mol. The first kappa shape index (κ1) is 17.3. The Morgan fingerprint density at radius 1 is 0.783 bits per heavy atom. The van der Waals surface area contributed by atoms with Gasteiger partial charge < -0.3 is 9.80 Å². The summed E-state index contributed by atoms with van der Waals surface area (Å²) in [6.07, 6.45) is 8.89. The smallest absolute Gasteiger partial charge is 0.228 e. The number of rotatable bonds is 8. The molecule has 4 atom stereocenters. The fraction of sp³-hybridized carbons (Fsp3) is 0.474. The predicted molar refractivity (Wildman–Crippen MR) is 92.6 cm³/mol. The van der Waals surface area contributed by atoms with Crippen LogP contribution in [0.5, 0.6) is 0 Å². The van der Waals surface area contributed by atoms with E-state index in [0.29, 0.717) is 32.4 Å². The summed E-state index contributed by atoms with van der Waals surface area (Å²) in [4.78, 5) is 29.6. The number of fused-ring (bicyclic) bond motifs is 2. The highest BCUT2D eigenvalue weighted by Gasteiger charge is 2.52. The van der Waals surface area contributed by atoms with E-state index >= 15 is 0 Å². The van der Waals surface area contributed by atoms with Crippen LogP contribution in [0.3, 0.4) is 0 Å². The lowest BCUT2D eigenvalue weighted by molar-refractivity contribution is -0.165. The van der Waals surface area contributed by atoms with Crippen molar-refractivity contribution in [3.8, 4) is 0 Å². The fourth-order valence-electron chi connectivity index (χ4n) is 3.96. The summed E-state index contributed by atoms with van der Waals surface area (Å²) < 4.78 is 0. The molecule has 0 saturated carbocycles. The first-order valence-electron chi connectivity index (χ1n) is 8.15. The molecule has 0 aromatic carbocycles. The minimum atomic E-state index is -0.170. The molecule has 4 nitrogen and oxygen atoms in total. The zero-order valence-electron chi connectivity index (χ0n) is 13.7. The quantitative estimate of drug-likeness (QED) is 0.646. The molecule has 23 heavy (non-hydrogen) atoms. The normalized spacial score (nSPS) is 30.1. The Labute approximate surface area is 138 Å². The van der Waals surface area contributed by atoms with E-state index in [0.717, 1.165) is 0 Å². The highest BCUT2D eigenvalue weighted by atomic mass is 16.2. The first-order chi connectivity index (χ1) is 11.1. The molecular formula is C19H26N2O2. The second kappa shape index (κ2) is 7.44. The third-order valence-corrected chi connectivity index (χ3v) is 4.91. The Bertz CT molecular complexity index is 479. The molecule has 0 aliphatic carbocycles. The van der Waals surface area contributed by atoms with Gasteiger partial charge in [0.1, 0.15) is 0 Å². The molecule has 124 valence electrons. The van der Waals surface area contributed by atoms with Crippen LogP contribution in [0, 0.1) is 11.8 Å². The van der Waals surface area contributed by atoms with Gasteiger partial charge in [0.05, 0.1) is 11.8 Å². The summed E-state index contributed by atoms with van der Waals surface area (Å²) in [6, 6.07) is -0.252. The standard InChI is InChI=1S/C19H26N2O2/c1-5-9-16-14-13-15(19(23)20(16)11-7-3)17(10-6-2)21(12-8-4)18(14)22/h5-8,14-17H,1-4,9-13H2/t14-,15-,16+,17+/m1/s1. The highest BCUT2D eigenvalue weighted by Crippen LogP contribution is 2.40. The van der Waals surface area contributed by atoms with E-state index in [4.69, 9.17) is 0 Å². The van der Waals surface area contributed by atoms with Crippen LogP contribution in [0.15, 0.2) is 50.6 Å². The number of hydrogen-bond acceptors (Lipinski definition) is 2. The predicted octanol–water partition coefficient (Wildman–Crippen LogP) is 2.55. The molecule has 2 saturated heterocycles. The highest BCUT2D eigenvalue weighted by molar-refractivity contribution is 5.90. The molecule has 2 aliphatic rings. The first-order valence-corrected chi connectivity index (χ1v) is 8.15. The molecule has 2 heterocycles. The van der Waals surface area contributed by atoms with Crippen LogP contribution in [0.2, 0.25) is 0 Å². The maximum absolute atomic E-state index is 13.0. The second-order valence-electron chi connectivity index (χ2n) is 6.19. The van der Waals surface area contributed by atoms with Crippen LogP contribution in [0.4, 0.5) is 0 Å². The maximum Gasteiger partial charge on any atom is 0.228 e. The van der Waals surface area contributed by atoms with Crippen LogP contribution < -0.4 is 0 Å². The average Bonchev–Trinajstić information content (AvgIpc) is 2.54. The number of carbonyl (C=O) groups excluding carboxylic acids is 2. The van der Waals surface area contributed by atoms with Crippen molar-refractivity contribution in [1.29, 1.82) is 0 Å². The summed E-state index contributed by atoms with van der Waals surface area (Å²) in [7, 11) is 0. The Morgan fingerprint density at radius 3 is 1.48 bits per heavy atom. The van der Waals surface area contributed by atoms with Crippen molar-refractivity contribution in [2.75, 3.05) is 13.1 Å². The van der Waals surface area contributed by atoms with Gasteiger partial charge in [-0.1, -0.05) is 24.3 Å². The van der Waals surface area contributed by atoms with Gasteiger partial charge in [0.25, 0.3) is 0 Å². The topological polar surface area (TPSA) is 40.6 Å². The molecule has 0 radical (unpaired) electrons. The molecule has 2 bridgehead atoms. The van der Waals surface area contributed by atoms with Gasteiger partial charge in [0, 0.05) is 25.2 Å². The Morgan fingerprint density at radius 2 is 1.17 bits per heavy atom. The van der Waals surface area contributed by atoms with Crippen molar-refractivity contribution in [2.45, 2.75) is 31.3 Å². The lowest BCUT2D eigenvalue weighted by atomic mass is 9.72. The van der Waals surface area contributed by atoms with E-state index in [1.807, 2.05) is 9.80 Å². The fourth-order valence-corrected chi connectivity index (χ4v) is 3.96. The molecule has 0 N–H and O–H groups in total. The molecule has 2 aliphatic heterocycles. The lowest BCUT2D eigenvalue weighted by Gasteiger charge is -2.52. The van der Waals surface area contributed by atoms with Crippen molar-refractivity contribution in [3.63, 3.8) is 0 Å². The minimum Gasteiger partial charge on any atom is -0.335 e. The molecule has 0 aromatic heterocycles. The molecule has 2 amide bonds. The van der Waals surface area contributed by atoms with Gasteiger partial charge >= 0.3 is 0 Å². The van der Waals surface area contributed by atoms with Crippen LogP contribution >= 0.6 is 0 Å². The van der Waals surface area contributed by atoms with Crippen molar-refractivity contribution in [3.05, 3.63) is 50.6 Å². The van der Waals surface area contributed by atoms with E-state index in [2.05, 4.69) is 26.3 Å². The van der Waals surface area contributed by atoms with E-state index in [-0.39, 0.29) is 35.7 Å². The maximum atomic E-state index is 13.0. The molecule has 0 unspecified atom stereocenters. The third kappa shape index (κ3) is 3.03. The number of piperidine rings is 2. The van der Waals surface area contributed by atoms with Crippen LogP contribution in [-0.4, -0.2) is 46.8 Å². The Hall–Kier alpha value is -2.10.